The van der Waals surface area contributed by atoms with Gasteiger partial charge >= 0.3 is 0 Å². The number of phenols is 1. The monoisotopic (exact) mass is 427 g/mol. The van der Waals surface area contributed by atoms with Crippen molar-refractivity contribution in [1.82, 2.24) is 4.90 Å². The molecule has 3 aromatic carbocycles. The molecule has 4 nitrogen and oxygen atoms in total. The van der Waals surface area contributed by atoms with Crippen LogP contribution in [0, 0.1) is 0 Å². The molecule has 0 aromatic heterocycles. The minimum atomic E-state index is -0.225. The topological polar surface area (TPSA) is 41.9 Å². The Kier molecular flexibility index (Phi) is 6.13. The molecule has 4 heteroatoms. The summed E-state index contributed by atoms with van der Waals surface area (Å²) < 4.78 is 12.4. The van der Waals surface area contributed by atoms with E-state index in [1.54, 1.807) is 12.1 Å². The molecule has 2 aliphatic rings. The first kappa shape index (κ1) is 20.7. The fourth-order valence-corrected chi connectivity index (χ4v) is 4.49. The van der Waals surface area contributed by atoms with Crippen LogP contribution >= 0.6 is 0 Å². The number of nitrogens with zero attached hydrogens (tertiary/aromatic N) is 1. The van der Waals surface area contributed by atoms with Gasteiger partial charge in [-0.25, -0.2) is 0 Å². The standard InChI is InChI=1S/C28H29NO3/c30-24-12-8-21(9-13-24)26-20-23-6-2-3-7-27(23)32-28(26)22-10-14-25(15-11-22)31-19-18-29-16-4-1-5-17-29/h2-3,6-15,20,28,30H,1,4-5,16-19H2/t28-/m1/s1. The van der Waals surface area contributed by atoms with Crippen LogP contribution in [0.25, 0.3) is 11.6 Å². The fourth-order valence-electron chi connectivity index (χ4n) is 4.49. The van der Waals surface area contributed by atoms with Crippen molar-refractivity contribution in [2.75, 3.05) is 26.2 Å². The average molecular weight is 428 g/mol. The van der Waals surface area contributed by atoms with Gasteiger partial charge in [-0.3, -0.25) is 4.90 Å². The van der Waals surface area contributed by atoms with Gasteiger partial charge in [-0.05, 0) is 73.5 Å². The second-order valence-electron chi connectivity index (χ2n) is 8.50. The molecule has 1 atom stereocenters. The fraction of sp³-hybridized carbons (Fsp3) is 0.286. The van der Waals surface area contributed by atoms with E-state index in [0.29, 0.717) is 6.61 Å². The number of likely N-dealkylation sites (tertiary alicyclic amines) is 1. The number of para-hydroxylation sites is 1. The summed E-state index contributed by atoms with van der Waals surface area (Å²) in [6.45, 7) is 4.08. The van der Waals surface area contributed by atoms with Crippen molar-refractivity contribution < 1.29 is 14.6 Å². The summed E-state index contributed by atoms with van der Waals surface area (Å²) in [7, 11) is 0. The summed E-state index contributed by atoms with van der Waals surface area (Å²) in [5, 5.41) is 9.71. The van der Waals surface area contributed by atoms with E-state index in [1.165, 1.54) is 32.4 Å². The molecule has 1 N–H and O–H groups in total. The van der Waals surface area contributed by atoms with Crippen molar-refractivity contribution in [3.63, 3.8) is 0 Å². The minimum absolute atomic E-state index is 0.225. The first-order valence-corrected chi connectivity index (χ1v) is 11.5. The smallest absolute Gasteiger partial charge is 0.149 e. The molecule has 2 aliphatic heterocycles. The van der Waals surface area contributed by atoms with Crippen LogP contribution in [-0.4, -0.2) is 36.2 Å². The Morgan fingerprint density at radius 2 is 1.62 bits per heavy atom. The number of piperidine rings is 1. The van der Waals surface area contributed by atoms with E-state index in [0.717, 1.165) is 40.3 Å². The first-order chi connectivity index (χ1) is 15.8. The largest absolute Gasteiger partial charge is 0.508 e. The molecule has 0 radical (unpaired) electrons. The Morgan fingerprint density at radius 3 is 2.41 bits per heavy atom. The van der Waals surface area contributed by atoms with Crippen LogP contribution in [0.3, 0.4) is 0 Å². The Hall–Kier alpha value is -3.24. The molecule has 0 unspecified atom stereocenters. The lowest BCUT2D eigenvalue weighted by atomic mass is 9.91. The average Bonchev–Trinajstić information content (AvgIpc) is 2.85. The Labute approximate surface area is 189 Å². The summed E-state index contributed by atoms with van der Waals surface area (Å²) in [5.41, 5.74) is 4.23. The molecule has 0 saturated carbocycles. The number of hydrogen-bond acceptors (Lipinski definition) is 4. The van der Waals surface area contributed by atoms with Crippen molar-refractivity contribution in [3.05, 3.63) is 89.5 Å². The zero-order chi connectivity index (χ0) is 21.8. The van der Waals surface area contributed by atoms with Crippen LogP contribution in [0.2, 0.25) is 0 Å². The summed E-state index contributed by atoms with van der Waals surface area (Å²) in [6.07, 6.45) is 5.91. The summed E-state index contributed by atoms with van der Waals surface area (Å²) >= 11 is 0. The maximum absolute atomic E-state index is 9.71. The van der Waals surface area contributed by atoms with E-state index < -0.39 is 0 Å². The molecule has 1 saturated heterocycles. The summed E-state index contributed by atoms with van der Waals surface area (Å²) in [4.78, 5) is 2.49. The van der Waals surface area contributed by atoms with Gasteiger partial charge in [0, 0.05) is 17.7 Å². The van der Waals surface area contributed by atoms with Crippen LogP contribution in [0.1, 0.15) is 42.1 Å². The van der Waals surface area contributed by atoms with Gasteiger partial charge in [-0.15, -0.1) is 0 Å². The molecular formula is C28H29NO3. The molecule has 2 heterocycles. The molecule has 0 spiro atoms. The number of ether oxygens (including phenoxy) is 2. The number of rotatable bonds is 6. The normalized spacial score (nSPS) is 18.4. The van der Waals surface area contributed by atoms with Crippen LogP contribution in [0.5, 0.6) is 17.2 Å². The van der Waals surface area contributed by atoms with E-state index in [4.69, 9.17) is 9.47 Å². The Balaban J connectivity index is 1.33. The molecule has 32 heavy (non-hydrogen) atoms. The van der Waals surface area contributed by atoms with Crippen molar-refractivity contribution in [2.45, 2.75) is 25.4 Å². The van der Waals surface area contributed by atoms with Crippen molar-refractivity contribution in [1.29, 1.82) is 0 Å². The van der Waals surface area contributed by atoms with Gasteiger partial charge < -0.3 is 14.6 Å². The molecule has 3 aromatic rings. The lowest BCUT2D eigenvalue weighted by molar-refractivity contribution is 0.183. The van der Waals surface area contributed by atoms with Gasteiger partial charge in [0.25, 0.3) is 0 Å². The van der Waals surface area contributed by atoms with Crippen LogP contribution in [-0.2, 0) is 0 Å². The molecule has 5 rings (SSSR count). The van der Waals surface area contributed by atoms with Crippen molar-refractivity contribution in [3.8, 4) is 17.2 Å². The molecule has 0 aliphatic carbocycles. The minimum Gasteiger partial charge on any atom is -0.508 e. The summed E-state index contributed by atoms with van der Waals surface area (Å²) in [6, 6.07) is 23.6. The molecular weight excluding hydrogens is 398 g/mol. The molecule has 164 valence electrons. The lowest BCUT2D eigenvalue weighted by Crippen LogP contribution is -2.33. The zero-order valence-electron chi connectivity index (χ0n) is 18.2. The zero-order valence-corrected chi connectivity index (χ0v) is 18.2. The van der Waals surface area contributed by atoms with E-state index >= 15 is 0 Å². The van der Waals surface area contributed by atoms with Crippen molar-refractivity contribution in [2.24, 2.45) is 0 Å². The van der Waals surface area contributed by atoms with Gasteiger partial charge in [0.2, 0.25) is 0 Å². The predicted molar refractivity (Wildman–Crippen MR) is 128 cm³/mol. The predicted octanol–water partition coefficient (Wildman–Crippen LogP) is 5.93. The Bertz CT molecular complexity index is 1070. The van der Waals surface area contributed by atoms with E-state index in [-0.39, 0.29) is 11.9 Å². The Morgan fingerprint density at radius 1 is 0.875 bits per heavy atom. The highest BCUT2D eigenvalue weighted by molar-refractivity contribution is 5.88. The molecule has 0 amide bonds. The van der Waals surface area contributed by atoms with Crippen LogP contribution in [0.4, 0.5) is 0 Å². The second-order valence-corrected chi connectivity index (χ2v) is 8.50. The summed E-state index contributed by atoms with van der Waals surface area (Å²) in [5.74, 6) is 2.02. The quantitative estimate of drug-likeness (QED) is 0.529. The van der Waals surface area contributed by atoms with Gasteiger partial charge in [0.05, 0.1) is 0 Å². The lowest BCUT2D eigenvalue weighted by Gasteiger charge is -2.28. The van der Waals surface area contributed by atoms with Crippen LogP contribution < -0.4 is 9.47 Å². The maximum atomic E-state index is 9.71. The van der Waals surface area contributed by atoms with Crippen molar-refractivity contribution >= 4 is 11.6 Å². The number of benzene rings is 3. The molecule has 0 bridgehead atoms. The highest BCUT2D eigenvalue weighted by Gasteiger charge is 2.25. The van der Waals surface area contributed by atoms with Gasteiger partial charge in [0.15, 0.2) is 0 Å². The number of phenolic OH excluding ortho intramolecular Hbond substituents is 1. The third-order valence-electron chi connectivity index (χ3n) is 6.27. The first-order valence-electron chi connectivity index (χ1n) is 11.5. The van der Waals surface area contributed by atoms with E-state index in [9.17, 15) is 5.11 Å². The maximum Gasteiger partial charge on any atom is 0.149 e. The number of fused-ring (bicyclic) bond motifs is 1. The van der Waals surface area contributed by atoms with E-state index in [1.807, 2.05) is 42.5 Å². The third kappa shape index (κ3) is 4.66. The van der Waals surface area contributed by atoms with E-state index in [2.05, 4.69) is 29.2 Å². The SMILES string of the molecule is Oc1ccc(C2=Cc3ccccc3O[C@@H]2c2ccc(OCCN3CCCCC3)cc2)cc1. The number of aromatic hydroxyl groups is 1. The van der Waals surface area contributed by atoms with Gasteiger partial charge in [0.1, 0.15) is 30.0 Å². The van der Waals surface area contributed by atoms with Crippen LogP contribution in [0.15, 0.2) is 72.8 Å². The second kappa shape index (κ2) is 9.49. The van der Waals surface area contributed by atoms with Gasteiger partial charge in [-0.1, -0.05) is 48.9 Å². The highest BCUT2D eigenvalue weighted by Crippen LogP contribution is 2.42. The number of hydrogen-bond donors (Lipinski definition) is 1. The molecule has 1 fully saturated rings. The third-order valence-corrected chi connectivity index (χ3v) is 6.27. The van der Waals surface area contributed by atoms with Gasteiger partial charge in [-0.2, -0.15) is 0 Å². The highest BCUT2D eigenvalue weighted by atomic mass is 16.5.